The first-order valence-electron chi connectivity index (χ1n) is 9.68. The van der Waals surface area contributed by atoms with E-state index < -0.39 is 0 Å². The fraction of sp³-hybridized carbons (Fsp3) is 0.450. The Hall–Kier alpha value is -2.74. The van der Waals surface area contributed by atoms with Crippen LogP contribution in [0.5, 0.6) is 5.75 Å². The first kappa shape index (κ1) is 19.6. The average Bonchev–Trinajstić information content (AvgIpc) is 3.08. The van der Waals surface area contributed by atoms with Crippen LogP contribution >= 0.6 is 11.6 Å². The molecular weight excluding hydrogens is 394 g/mol. The van der Waals surface area contributed by atoms with E-state index in [0.717, 1.165) is 12.2 Å². The van der Waals surface area contributed by atoms with Gasteiger partial charge in [-0.15, -0.1) is 0 Å². The molecule has 1 aliphatic heterocycles. The number of hydrogen-bond acceptors (Lipinski definition) is 5. The summed E-state index contributed by atoms with van der Waals surface area (Å²) in [6, 6.07) is 5.56. The van der Waals surface area contributed by atoms with E-state index in [-0.39, 0.29) is 17.2 Å². The Labute approximate surface area is 172 Å². The van der Waals surface area contributed by atoms with Gasteiger partial charge in [0.05, 0.1) is 12.1 Å². The highest BCUT2D eigenvalue weighted by molar-refractivity contribution is 6.32. The van der Waals surface area contributed by atoms with Gasteiger partial charge < -0.3 is 14.2 Å². The molecule has 3 heterocycles. The first-order chi connectivity index (χ1) is 13.9. The van der Waals surface area contributed by atoms with Gasteiger partial charge in [-0.1, -0.05) is 25.4 Å². The topological polar surface area (TPSA) is 74.3 Å². The minimum Gasteiger partial charge on any atom is -0.495 e. The molecule has 0 aliphatic carbocycles. The highest BCUT2D eigenvalue weighted by Crippen LogP contribution is 2.36. The Morgan fingerprint density at radius 2 is 2.03 bits per heavy atom. The van der Waals surface area contributed by atoms with E-state index >= 15 is 0 Å². The molecule has 0 saturated heterocycles. The number of anilines is 2. The highest BCUT2D eigenvalue weighted by atomic mass is 35.5. The SMILES string of the molecule is CCCn1c(=O)c2c(nc3n2C[C@@H](C)CN3c2ccc(OC)c(Cl)c2)n(C)c1=O. The van der Waals surface area contributed by atoms with Gasteiger partial charge in [0.25, 0.3) is 5.56 Å². The van der Waals surface area contributed by atoms with Crippen LogP contribution in [0.4, 0.5) is 11.6 Å². The zero-order valence-corrected chi connectivity index (χ0v) is 17.7. The summed E-state index contributed by atoms with van der Waals surface area (Å²) in [6.07, 6.45) is 0.703. The van der Waals surface area contributed by atoms with E-state index in [1.807, 2.05) is 34.6 Å². The largest absolute Gasteiger partial charge is 0.495 e. The number of aromatic nitrogens is 4. The van der Waals surface area contributed by atoms with Gasteiger partial charge in [-0.3, -0.25) is 13.9 Å². The molecule has 0 unspecified atom stereocenters. The number of halogens is 1. The number of aryl methyl sites for hydroxylation is 1. The Morgan fingerprint density at radius 3 is 2.69 bits per heavy atom. The van der Waals surface area contributed by atoms with E-state index in [4.69, 9.17) is 21.3 Å². The molecule has 1 atom stereocenters. The standard InChI is InChI=1S/C20H24ClN5O3/c1-5-8-24-18(27)16-17(23(3)20(24)28)22-19-25(10-12(2)11-26(16)19)13-6-7-15(29-4)14(21)9-13/h6-7,9,12H,5,8,10-11H2,1-4H3/t12-/m0/s1. The van der Waals surface area contributed by atoms with Crippen molar-refractivity contribution in [3.8, 4) is 5.75 Å². The average molecular weight is 418 g/mol. The van der Waals surface area contributed by atoms with Gasteiger partial charge >= 0.3 is 5.69 Å². The van der Waals surface area contributed by atoms with E-state index in [2.05, 4.69) is 6.92 Å². The number of nitrogens with zero attached hydrogens (tertiary/aromatic N) is 5. The second-order valence-corrected chi connectivity index (χ2v) is 7.93. The lowest BCUT2D eigenvalue weighted by Crippen LogP contribution is -2.40. The van der Waals surface area contributed by atoms with Crippen molar-refractivity contribution in [3.63, 3.8) is 0 Å². The molecule has 0 bridgehead atoms. The zero-order chi connectivity index (χ0) is 20.9. The molecule has 0 spiro atoms. The van der Waals surface area contributed by atoms with Crippen molar-refractivity contribution in [1.82, 2.24) is 18.7 Å². The lowest BCUT2D eigenvalue weighted by molar-refractivity contribution is 0.415. The van der Waals surface area contributed by atoms with E-state index in [1.54, 1.807) is 14.2 Å². The van der Waals surface area contributed by atoms with Crippen LogP contribution in [-0.4, -0.2) is 32.3 Å². The Bertz CT molecular complexity index is 1210. The Kier molecular flexibility index (Phi) is 4.90. The molecule has 0 N–H and O–H groups in total. The van der Waals surface area contributed by atoms with Crippen LogP contribution < -0.4 is 20.9 Å². The molecular formula is C20H24ClN5O3. The second kappa shape index (κ2) is 7.26. The van der Waals surface area contributed by atoms with Crippen LogP contribution in [0.1, 0.15) is 20.3 Å². The van der Waals surface area contributed by atoms with Gasteiger partial charge in [-0.25, -0.2) is 4.79 Å². The quantitative estimate of drug-likeness (QED) is 0.652. The number of fused-ring (bicyclic) bond motifs is 3. The van der Waals surface area contributed by atoms with Crippen LogP contribution in [0.2, 0.25) is 5.02 Å². The smallest absolute Gasteiger partial charge is 0.332 e. The summed E-state index contributed by atoms with van der Waals surface area (Å²) in [5.41, 5.74) is 1.10. The lowest BCUT2D eigenvalue weighted by atomic mass is 10.1. The second-order valence-electron chi connectivity index (χ2n) is 7.53. The lowest BCUT2D eigenvalue weighted by Gasteiger charge is -2.33. The van der Waals surface area contributed by atoms with Crippen LogP contribution in [-0.2, 0) is 20.1 Å². The molecule has 0 radical (unpaired) electrons. The minimum atomic E-state index is -0.341. The molecule has 29 heavy (non-hydrogen) atoms. The summed E-state index contributed by atoms with van der Waals surface area (Å²) in [4.78, 5) is 32.6. The van der Waals surface area contributed by atoms with Gasteiger partial charge in [0.1, 0.15) is 5.75 Å². The molecule has 154 valence electrons. The molecule has 0 fully saturated rings. The van der Waals surface area contributed by atoms with Crippen molar-refractivity contribution in [1.29, 1.82) is 0 Å². The zero-order valence-electron chi connectivity index (χ0n) is 17.0. The number of hydrogen-bond donors (Lipinski definition) is 0. The van der Waals surface area contributed by atoms with Crippen molar-refractivity contribution in [3.05, 3.63) is 44.1 Å². The number of benzene rings is 1. The van der Waals surface area contributed by atoms with Gasteiger partial charge in [-0.05, 0) is 30.5 Å². The van der Waals surface area contributed by atoms with Crippen LogP contribution in [0.25, 0.3) is 11.2 Å². The maximum atomic E-state index is 13.1. The fourth-order valence-electron chi connectivity index (χ4n) is 3.97. The fourth-order valence-corrected chi connectivity index (χ4v) is 4.22. The minimum absolute atomic E-state index is 0.275. The van der Waals surface area contributed by atoms with Crippen molar-refractivity contribution in [2.24, 2.45) is 13.0 Å². The molecule has 1 aromatic carbocycles. The first-order valence-corrected chi connectivity index (χ1v) is 10.1. The normalized spacial score (nSPS) is 16.3. The number of rotatable bonds is 4. The highest BCUT2D eigenvalue weighted by Gasteiger charge is 2.30. The molecule has 1 aliphatic rings. The monoisotopic (exact) mass is 417 g/mol. The Balaban J connectivity index is 1.97. The summed E-state index contributed by atoms with van der Waals surface area (Å²) in [5, 5.41) is 0.503. The van der Waals surface area contributed by atoms with Gasteiger partial charge in [-0.2, -0.15) is 4.98 Å². The van der Waals surface area contributed by atoms with Crippen molar-refractivity contribution < 1.29 is 4.74 Å². The number of methoxy groups -OCH3 is 1. The Morgan fingerprint density at radius 1 is 1.28 bits per heavy atom. The van der Waals surface area contributed by atoms with Crippen molar-refractivity contribution in [2.45, 2.75) is 33.4 Å². The summed E-state index contributed by atoms with van der Waals surface area (Å²) >= 11 is 6.34. The third-order valence-corrected chi connectivity index (χ3v) is 5.63. The van der Waals surface area contributed by atoms with Crippen LogP contribution in [0, 0.1) is 5.92 Å². The third-order valence-electron chi connectivity index (χ3n) is 5.34. The van der Waals surface area contributed by atoms with E-state index in [9.17, 15) is 9.59 Å². The molecule has 9 heteroatoms. The van der Waals surface area contributed by atoms with Gasteiger partial charge in [0, 0.05) is 32.4 Å². The van der Waals surface area contributed by atoms with E-state index in [0.29, 0.717) is 47.4 Å². The van der Waals surface area contributed by atoms with Crippen LogP contribution in [0.3, 0.4) is 0 Å². The number of ether oxygens (including phenoxy) is 1. The van der Waals surface area contributed by atoms with Crippen LogP contribution in [0.15, 0.2) is 27.8 Å². The van der Waals surface area contributed by atoms with E-state index in [1.165, 1.54) is 9.13 Å². The molecule has 4 rings (SSSR count). The van der Waals surface area contributed by atoms with Gasteiger partial charge in [0.2, 0.25) is 5.95 Å². The number of imidazole rings is 1. The summed E-state index contributed by atoms with van der Waals surface area (Å²) in [7, 11) is 3.23. The summed E-state index contributed by atoms with van der Waals surface area (Å²) in [6.45, 7) is 5.84. The van der Waals surface area contributed by atoms with Crippen molar-refractivity contribution in [2.75, 3.05) is 18.6 Å². The molecule has 3 aromatic rings. The molecule has 0 saturated carbocycles. The third kappa shape index (κ3) is 3.02. The molecule has 2 aromatic heterocycles. The van der Waals surface area contributed by atoms with Gasteiger partial charge in [0.15, 0.2) is 11.2 Å². The predicted octanol–water partition coefficient (Wildman–Crippen LogP) is 2.76. The maximum absolute atomic E-state index is 13.1. The molecule has 0 amide bonds. The molecule has 8 nitrogen and oxygen atoms in total. The summed E-state index contributed by atoms with van der Waals surface area (Å²) in [5.74, 6) is 1.51. The summed E-state index contributed by atoms with van der Waals surface area (Å²) < 4.78 is 9.94. The van der Waals surface area contributed by atoms with Crippen molar-refractivity contribution >= 4 is 34.4 Å². The maximum Gasteiger partial charge on any atom is 0.332 e. The predicted molar refractivity (Wildman–Crippen MR) is 114 cm³/mol.